The number of benzene rings is 3. The summed E-state index contributed by atoms with van der Waals surface area (Å²) in [5, 5.41) is 1.81. The largest absolute Gasteiger partial charge is 0.494 e. The van der Waals surface area contributed by atoms with Gasteiger partial charge in [-0.1, -0.05) is 71.6 Å². The Balaban J connectivity index is 1.46. The highest BCUT2D eigenvalue weighted by Gasteiger charge is 2.29. The van der Waals surface area contributed by atoms with E-state index in [0.717, 1.165) is 60.0 Å². The molecule has 0 amide bonds. The summed E-state index contributed by atoms with van der Waals surface area (Å²) in [7, 11) is -4.19. The highest BCUT2D eigenvalue weighted by Crippen LogP contribution is 2.48. The van der Waals surface area contributed by atoms with Gasteiger partial charge in [0, 0.05) is 29.6 Å². The minimum Gasteiger partial charge on any atom is -0.494 e. The summed E-state index contributed by atoms with van der Waals surface area (Å²) in [5.41, 5.74) is 5.12. The van der Waals surface area contributed by atoms with Crippen LogP contribution >= 0.6 is 34.4 Å². The maximum atomic E-state index is 13.7. The zero-order valence-electron chi connectivity index (χ0n) is 27.8. The first-order valence-corrected chi connectivity index (χ1v) is 20.2. The summed E-state index contributed by atoms with van der Waals surface area (Å²) in [6.45, 7) is 9.83. The van der Waals surface area contributed by atoms with Gasteiger partial charge in [-0.2, -0.15) is 13.0 Å². The number of anilines is 1. The molecule has 8 nitrogen and oxygen atoms in total. The van der Waals surface area contributed by atoms with Crippen LogP contribution in [-0.2, 0) is 23.2 Å². The van der Waals surface area contributed by atoms with Crippen LogP contribution in [0.2, 0.25) is 0 Å². The standard InChI is InChI=1S/C37H37N3O5S4/c1-5-38-33(48-36(27-16-12-9-13-17-27)35(38)26-14-10-8-11-15-26)24-34-39(6-2)37(41)30(46-34)18-19-32-40(20-21-49(42,43)44)28-23-29(45-7-3)25(4)22-31(28)47-32/h8-19,22-24H,5-7,20-21H2,1-4H3/p+1. The van der Waals surface area contributed by atoms with Crippen LogP contribution in [0.3, 0.4) is 0 Å². The summed E-state index contributed by atoms with van der Waals surface area (Å²) >= 11 is 4.64. The van der Waals surface area contributed by atoms with Gasteiger partial charge in [-0.15, -0.1) is 11.3 Å². The zero-order valence-corrected chi connectivity index (χ0v) is 31.0. The van der Waals surface area contributed by atoms with E-state index in [1.54, 1.807) is 15.9 Å². The number of ether oxygens (including phenoxy) is 1. The molecule has 3 aromatic carbocycles. The third-order valence-electron chi connectivity index (χ3n) is 8.13. The molecule has 1 aliphatic rings. The third-order valence-corrected chi connectivity index (χ3v) is 12.2. The number of thioether (sulfide) groups is 1. The van der Waals surface area contributed by atoms with Gasteiger partial charge >= 0.3 is 0 Å². The fourth-order valence-corrected chi connectivity index (χ4v) is 9.84. The second kappa shape index (κ2) is 14.9. The summed E-state index contributed by atoms with van der Waals surface area (Å²) in [4.78, 5) is 17.7. The molecule has 49 heavy (non-hydrogen) atoms. The van der Waals surface area contributed by atoms with Crippen molar-refractivity contribution < 1.29 is 22.3 Å². The molecule has 6 rings (SSSR count). The number of aromatic nitrogens is 2. The molecule has 1 aliphatic heterocycles. The Hall–Kier alpha value is -3.94. The van der Waals surface area contributed by atoms with Gasteiger partial charge in [0.2, 0.25) is 5.69 Å². The number of fused-ring (bicyclic) bond motifs is 1. The lowest BCUT2D eigenvalue weighted by Gasteiger charge is -2.20. The molecule has 254 valence electrons. The summed E-state index contributed by atoms with van der Waals surface area (Å²) in [5.74, 6) is 0.286. The van der Waals surface area contributed by atoms with E-state index in [1.807, 2.05) is 62.1 Å². The molecule has 0 radical (unpaired) electrons. The predicted octanol–water partition coefficient (Wildman–Crippen LogP) is 6.29. The second-order valence-electron chi connectivity index (χ2n) is 11.3. The van der Waals surface area contributed by atoms with Crippen LogP contribution in [0.4, 0.5) is 5.69 Å². The minimum absolute atomic E-state index is 0.0542. The quantitative estimate of drug-likeness (QED) is 0.126. The average molecular weight is 733 g/mol. The Morgan fingerprint density at radius 1 is 0.939 bits per heavy atom. The van der Waals surface area contributed by atoms with E-state index in [1.165, 1.54) is 28.0 Å². The van der Waals surface area contributed by atoms with Crippen LogP contribution in [0.25, 0.3) is 33.9 Å². The van der Waals surface area contributed by atoms with Gasteiger partial charge in [0.1, 0.15) is 21.8 Å². The molecular weight excluding hydrogens is 695 g/mol. The van der Waals surface area contributed by atoms with E-state index < -0.39 is 15.9 Å². The Morgan fingerprint density at radius 3 is 2.27 bits per heavy atom. The van der Waals surface area contributed by atoms with Crippen molar-refractivity contribution >= 4 is 62.4 Å². The molecule has 0 saturated heterocycles. The van der Waals surface area contributed by atoms with Crippen LogP contribution < -0.4 is 29.0 Å². The molecule has 0 unspecified atom stereocenters. The predicted molar refractivity (Wildman–Crippen MR) is 203 cm³/mol. The molecule has 0 aliphatic carbocycles. The van der Waals surface area contributed by atoms with Crippen LogP contribution in [0.1, 0.15) is 31.3 Å². The lowest BCUT2D eigenvalue weighted by atomic mass is 10.1. The molecule has 0 bridgehead atoms. The summed E-state index contributed by atoms with van der Waals surface area (Å²) in [6.07, 6.45) is 5.79. The second-order valence-corrected chi connectivity index (χ2v) is 16.0. The number of hydrogen-bond acceptors (Lipinski definition) is 8. The molecular formula is C37H38N3O5S4+. The highest BCUT2D eigenvalue weighted by molar-refractivity contribution is 8.03. The SMILES string of the molecule is CCOc1cc2c(cc1C)SC(=CC=c1sc(=Cc3sc(-c4ccccc4)c(-c4ccccc4)[n+]3CC)n(CC)c1=O)N2CCS(=O)(=O)O. The molecule has 2 aromatic heterocycles. The van der Waals surface area contributed by atoms with Crippen molar-refractivity contribution in [2.45, 2.75) is 45.7 Å². The molecule has 0 atom stereocenters. The van der Waals surface area contributed by atoms with Gasteiger partial charge in [-0.25, -0.2) is 0 Å². The van der Waals surface area contributed by atoms with E-state index in [-0.39, 0.29) is 12.1 Å². The molecule has 3 heterocycles. The van der Waals surface area contributed by atoms with E-state index in [9.17, 15) is 17.8 Å². The molecule has 0 fully saturated rings. The van der Waals surface area contributed by atoms with E-state index >= 15 is 0 Å². The molecule has 5 aromatic rings. The average Bonchev–Trinajstić information content (AvgIpc) is 3.73. The third kappa shape index (κ3) is 7.48. The van der Waals surface area contributed by atoms with Crippen molar-refractivity contribution in [3.63, 3.8) is 0 Å². The Labute approximate surface area is 298 Å². The topological polar surface area (TPSA) is 92.7 Å². The fourth-order valence-electron chi connectivity index (χ4n) is 5.84. The van der Waals surface area contributed by atoms with Gasteiger partial charge in [0.15, 0.2) is 0 Å². The van der Waals surface area contributed by atoms with Gasteiger partial charge in [-0.05, 0) is 69.2 Å². The number of nitrogens with zero attached hydrogens (tertiary/aromatic N) is 3. The van der Waals surface area contributed by atoms with Crippen molar-refractivity contribution in [1.29, 1.82) is 0 Å². The zero-order chi connectivity index (χ0) is 34.7. The van der Waals surface area contributed by atoms with Gasteiger partial charge in [0.05, 0.1) is 33.7 Å². The Kier molecular flexibility index (Phi) is 10.6. The van der Waals surface area contributed by atoms with Crippen LogP contribution in [0.15, 0.2) is 93.6 Å². The Morgan fingerprint density at radius 2 is 1.63 bits per heavy atom. The monoisotopic (exact) mass is 732 g/mol. The number of allylic oxidation sites excluding steroid dienone is 1. The van der Waals surface area contributed by atoms with Crippen molar-refractivity contribution in [1.82, 2.24) is 4.57 Å². The number of aryl methyl sites for hydroxylation is 1. The van der Waals surface area contributed by atoms with E-state index in [0.29, 0.717) is 17.7 Å². The lowest BCUT2D eigenvalue weighted by molar-refractivity contribution is -0.679. The van der Waals surface area contributed by atoms with Crippen molar-refractivity contribution in [2.24, 2.45) is 0 Å². The molecule has 0 saturated carbocycles. The van der Waals surface area contributed by atoms with Crippen LogP contribution in [0.5, 0.6) is 5.75 Å². The molecule has 12 heteroatoms. The maximum absolute atomic E-state index is 13.7. The van der Waals surface area contributed by atoms with E-state index in [2.05, 4.69) is 66.1 Å². The molecule has 1 N–H and O–H groups in total. The fraction of sp³-hybridized carbons (Fsp3) is 0.243. The summed E-state index contributed by atoms with van der Waals surface area (Å²) < 4.78 is 44.4. The van der Waals surface area contributed by atoms with Crippen molar-refractivity contribution in [3.05, 3.63) is 114 Å². The van der Waals surface area contributed by atoms with Gasteiger partial charge in [-0.3, -0.25) is 13.9 Å². The number of hydrogen-bond donors (Lipinski definition) is 1. The van der Waals surface area contributed by atoms with Crippen molar-refractivity contribution in [2.75, 3.05) is 23.8 Å². The summed E-state index contributed by atoms with van der Waals surface area (Å²) in [6, 6.07) is 24.7. The Bertz CT molecular complexity index is 2310. The number of thiazole rings is 2. The van der Waals surface area contributed by atoms with Crippen LogP contribution in [0, 0.1) is 6.92 Å². The minimum atomic E-state index is -4.19. The first kappa shape index (κ1) is 34.9. The van der Waals surface area contributed by atoms with Gasteiger partial charge < -0.3 is 9.64 Å². The first-order chi connectivity index (χ1) is 23.6. The lowest BCUT2D eigenvalue weighted by Crippen LogP contribution is -2.36. The molecule has 0 spiro atoms. The smallest absolute Gasteiger partial charge is 0.269 e. The first-order valence-electron chi connectivity index (χ1n) is 16.1. The highest BCUT2D eigenvalue weighted by atomic mass is 32.2. The normalized spacial score (nSPS) is 14.6. The van der Waals surface area contributed by atoms with Gasteiger partial charge in [0.25, 0.3) is 20.7 Å². The number of rotatable bonds is 11. The maximum Gasteiger partial charge on any atom is 0.269 e. The van der Waals surface area contributed by atoms with Crippen LogP contribution in [-0.4, -0.2) is 36.4 Å². The van der Waals surface area contributed by atoms with Crippen molar-refractivity contribution in [3.8, 4) is 27.4 Å². The van der Waals surface area contributed by atoms with E-state index in [4.69, 9.17) is 4.74 Å².